The third-order valence-corrected chi connectivity index (χ3v) is 4.38. The molecule has 0 radical (unpaired) electrons. The van der Waals surface area contributed by atoms with Crippen LogP contribution in [0, 0.1) is 0 Å². The summed E-state index contributed by atoms with van der Waals surface area (Å²) in [6.45, 7) is 1.21. The third kappa shape index (κ3) is 1.11. The van der Waals surface area contributed by atoms with Crippen LogP contribution in [0.3, 0.4) is 0 Å². The van der Waals surface area contributed by atoms with Gasteiger partial charge in [0, 0.05) is 6.20 Å². The van der Waals surface area contributed by atoms with Gasteiger partial charge in [-0.15, -0.1) is 0 Å². The van der Waals surface area contributed by atoms with Crippen molar-refractivity contribution in [1.29, 1.82) is 0 Å². The van der Waals surface area contributed by atoms with Crippen LogP contribution in [-0.4, -0.2) is 48.2 Å². The van der Waals surface area contributed by atoms with E-state index in [1.807, 2.05) is 0 Å². The number of fused-ring (bicyclic) bond motifs is 2. The molecule has 0 bridgehead atoms. The summed E-state index contributed by atoms with van der Waals surface area (Å²) >= 11 is 0. The lowest BCUT2D eigenvalue weighted by molar-refractivity contribution is -0.114. The fourth-order valence-electron chi connectivity index (χ4n) is 3.04. The van der Waals surface area contributed by atoms with Crippen LogP contribution in [-0.2, 0) is 4.74 Å². The van der Waals surface area contributed by atoms with E-state index in [1.165, 1.54) is 17.8 Å². The van der Waals surface area contributed by atoms with Gasteiger partial charge in [0.1, 0.15) is 30.0 Å². The van der Waals surface area contributed by atoms with Crippen LogP contribution in [0.15, 0.2) is 18.6 Å². The van der Waals surface area contributed by atoms with Crippen LogP contribution in [0.5, 0.6) is 0 Å². The van der Waals surface area contributed by atoms with E-state index in [1.54, 1.807) is 12.3 Å². The maximum Gasteiger partial charge on any atom is 0.186 e. The van der Waals surface area contributed by atoms with Crippen LogP contribution in [0.25, 0.3) is 11.0 Å². The van der Waals surface area contributed by atoms with Crippen LogP contribution in [0.2, 0.25) is 0 Å². The van der Waals surface area contributed by atoms with Crippen molar-refractivity contribution in [3.63, 3.8) is 0 Å². The van der Waals surface area contributed by atoms with E-state index in [-0.39, 0.29) is 5.82 Å². The maximum atomic E-state index is 14.9. The number of aromatic nitrogens is 3. The van der Waals surface area contributed by atoms with E-state index in [2.05, 4.69) is 9.97 Å². The van der Waals surface area contributed by atoms with Gasteiger partial charge < -0.3 is 25.3 Å². The SMILES string of the molecule is C[C@]1(F)[C@H](n2ccc3c(N)ncnc32)O[C@@H]2[C@H](O)[C@@]21O. The maximum absolute atomic E-state index is 14.9. The second kappa shape index (κ2) is 3.27. The number of halogens is 1. The molecule has 8 heteroatoms. The molecule has 0 unspecified atom stereocenters. The van der Waals surface area contributed by atoms with E-state index in [4.69, 9.17) is 10.5 Å². The number of nitrogens with two attached hydrogens (primary N) is 1. The Labute approximate surface area is 112 Å². The molecule has 1 saturated heterocycles. The summed E-state index contributed by atoms with van der Waals surface area (Å²) in [5.74, 6) is 0.288. The Hall–Kier alpha value is -1.77. The smallest absolute Gasteiger partial charge is 0.186 e. The molecule has 2 fully saturated rings. The molecule has 0 amide bonds. The normalized spacial score (nSPS) is 42.9. The van der Waals surface area contributed by atoms with Crippen molar-refractivity contribution in [2.24, 2.45) is 0 Å². The van der Waals surface area contributed by atoms with E-state index in [0.717, 1.165) is 0 Å². The second-order valence-corrected chi connectivity index (χ2v) is 5.47. The summed E-state index contributed by atoms with van der Waals surface area (Å²) in [4.78, 5) is 7.94. The number of rotatable bonds is 1. The van der Waals surface area contributed by atoms with Gasteiger partial charge in [-0.3, -0.25) is 0 Å². The molecule has 4 N–H and O–H groups in total. The predicted molar refractivity (Wildman–Crippen MR) is 66.3 cm³/mol. The molecule has 5 atom stereocenters. The number of anilines is 1. The standard InChI is InChI=1S/C12H13FN4O3/c1-11(13)10(20-7-6(18)12(7,11)19)17-3-2-5-8(14)15-4-16-9(5)17/h2-4,6-7,10,18-19H,1H3,(H2,14,15,16)/t6-,7+,10+,11-,12+/m0/s1. The van der Waals surface area contributed by atoms with Gasteiger partial charge in [-0.05, 0) is 13.0 Å². The van der Waals surface area contributed by atoms with Gasteiger partial charge in [0.15, 0.2) is 17.5 Å². The highest BCUT2D eigenvalue weighted by atomic mass is 19.1. The zero-order chi connectivity index (χ0) is 14.3. The molecule has 2 aromatic heterocycles. The van der Waals surface area contributed by atoms with E-state index in [9.17, 15) is 14.6 Å². The molecular weight excluding hydrogens is 267 g/mol. The minimum absolute atomic E-state index is 0.288. The van der Waals surface area contributed by atoms with Crippen molar-refractivity contribution < 1.29 is 19.3 Å². The van der Waals surface area contributed by atoms with Crippen LogP contribution in [0.4, 0.5) is 10.2 Å². The molecule has 1 aliphatic heterocycles. The first-order valence-corrected chi connectivity index (χ1v) is 6.21. The topological polar surface area (TPSA) is 106 Å². The zero-order valence-electron chi connectivity index (χ0n) is 10.6. The van der Waals surface area contributed by atoms with E-state index >= 15 is 0 Å². The highest BCUT2D eigenvalue weighted by molar-refractivity contribution is 5.86. The lowest BCUT2D eigenvalue weighted by atomic mass is 9.97. The highest BCUT2D eigenvalue weighted by Crippen LogP contribution is 2.61. The minimum atomic E-state index is -2.14. The Morgan fingerprint density at radius 2 is 2.25 bits per heavy atom. The fourth-order valence-corrected chi connectivity index (χ4v) is 3.04. The third-order valence-electron chi connectivity index (χ3n) is 4.38. The zero-order valence-corrected chi connectivity index (χ0v) is 10.6. The Bertz CT molecular complexity index is 718. The predicted octanol–water partition coefficient (Wildman–Crippen LogP) is -0.255. The number of nitrogens with zero attached hydrogens (tertiary/aromatic N) is 3. The summed E-state index contributed by atoms with van der Waals surface area (Å²) in [6, 6.07) is 1.66. The second-order valence-electron chi connectivity index (χ2n) is 5.47. The average Bonchev–Trinajstić information content (AvgIpc) is 2.75. The van der Waals surface area contributed by atoms with Crippen molar-refractivity contribution in [2.75, 3.05) is 5.73 Å². The number of ether oxygens (including phenoxy) is 1. The van der Waals surface area contributed by atoms with Gasteiger partial charge in [0.05, 0.1) is 5.39 Å². The molecule has 20 heavy (non-hydrogen) atoms. The molecule has 0 aromatic carbocycles. The van der Waals surface area contributed by atoms with Crippen LogP contribution in [0.1, 0.15) is 13.2 Å². The first-order valence-electron chi connectivity index (χ1n) is 6.21. The van der Waals surface area contributed by atoms with Crippen molar-refractivity contribution in [3.8, 4) is 0 Å². The molecule has 0 spiro atoms. The monoisotopic (exact) mass is 280 g/mol. The number of aliphatic hydroxyl groups is 2. The quantitative estimate of drug-likeness (QED) is 0.664. The number of hydrogen-bond acceptors (Lipinski definition) is 6. The van der Waals surface area contributed by atoms with Crippen molar-refractivity contribution >= 4 is 16.9 Å². The van der Waals surface area contributed by atoms with E-state index < -0.39 is 29.7 Å². The molecule has 3 heterocycles. The summed E-state index contributed by atoms with van der Waals surface area (Å²) in [5.41, 5.74) is 2.15. The first kappa shape index (κ1) is 12.0. The Kier molecular flexibility index (Phi) is 1.97. The van der Waals surface area contributed by atoms with Gasteiger partial charge in [-0.25, -0.2) is 14.4 Å². The molecule has 4 rings (SSSR count). The molecule has 7 nitrogen and oxygen atoms in total. The van der Waals surface area contributed by atoms with Crippen molar-refractivity contribution in [2.45, 2.75) is 36.6 Å². The Balaban J connectivity index is 1.84. The van der Waals surface area contributed by atoms with Crippen molar-refractivity contribution in [1.82, 2.24) is 14.5 Å². The van der Waals surface area contributed by atoms with Crippen LogP contribution < -0.4 is 5.73 Å². The Morgan fingerprint density at radius 3 is 2.90 bits per heavy atom. The summed E-state index contributed by atoms with van der Waals surface area (Å²) in [7, 11) is 0. The number of alkyl halides is 1. The lowest BCUT2D eigenvalue weighted by Crippen LogP contribution is -2.44. The minimum Gasteiger partial charge on any atom is -0.387 e. The van der Waals surface area contributed by atoms with Gasteiger partial charge in [-0.1, -0.05) is 0 Å². The van der Waals surface area contributed by atoms with Gasteiger partial charge >= 0.3 is 0 Å². The first-order chi connectivity index (χ1) is 9.39. The lowest BCUT2D eigenvalue weighted by Gasteiger charge is -2.30. The number of nitrogen functional groups attached to an aromatic ring is 1. The van der Waals surface area contributed by atoms with Gasteiger partial charge in [0.2, 0.25) is 0 Å². The largest absolute Gasteiger partial charge is 0.387 e. The summed E-state index contributed by atoms with van der Waals surface area (Å²) in [5, 5.41) is 20.3. The van der Waals surface area contributed by atoms with Crippen LogP contribution >= 0.6 is 0 Å². The average molecular weight is 280 g/mol. The number of hydrogen-bond donors (Lipinski definition) is 3. The number of aliphatic hydroxyl groups excluding tert-OH is 1. The Morgan fingerprint density at radius 1 is 1.50 bits per heavy atom. The summed E-state index contributed by atoms with van der Waals surface area (Å²) in [6.07, 6.45) is -0.330. The van der Waals surface area contributed by atoms with E-state index in [0.29, 0.717) is 11.0 Å². The molecule has 2 aromatic rings. The molecular formula is C12H13FN4O3. The van der Waals surface area contributed by atoms with Crippen molar-refractivity contribution in [3.05, 3.63) is 18.6 Å². The molecule has 1 saturated carbocycles. The fraction of sp³-hybridized carbons (Fsp3) is 0.500. The molecule has 106 valence electrons. The molecule has 2 aliphatic rings. The van der Waals surface area contributed by atoms with Gasteiger partial charge in [0.25, 0.3) is 0 Å². The highest BCUT2D eigenvalue weighted by Gasteiger charge is 2.83. The van der Waals surface area contributed by atoms with Gasteiger partial charge in [-0.2, -0.15) is 0 Å². The molecule has 1 aliphatic carbocycles. The summed E-state index contributed by atoms with van der Waals surface area (Å²) < 4.78 is 21.8.